The molecule has 0 saturated heterocycles. The molecule has 0 aliphatic carbocycles. The van der Waals surface area contributed by atoms with E-state index in [1.165, 1.54) is 6.07 Å². The summed E-state index contributed by atoms with van der Waals surface area (Å²) in [6, 6.07) is 11.2. The number of hydroxylamine groups is 2. The van der Waals surface area contributed by atoms with E-state index in [1.807, 2.05) is 0 Å². The topological polar surface area (TPSA) is 144 Å². The zero-order valence-corrected chi connectivity index (χ0v) is 14.4. The van der Waals surface area contributed by atoms with Gasteiger partial charge in [0, 0.05) is 28.7 Å². The SMILES string of the molecule is CNC(c1cccc(NC(=O)c2ccc(N)c(C=N)c2)c1)N([O-])N(C)[O-]. The van der Waals surface area contributed by atoms with Gasteiger partial charge in [-0.25, -0.2) is 0 Å². The van der Waals surface area contributed by atoms with Gasteiger partial charge in [-0.3, -0.25) is 4.79 Å². The molecule has 2 aromatic carbocycles. The number of nitrogens with zero attached hydrogens (tertiary/aromatic N) is 2. The highest BCUT2D eigenvalue weighted by atomic mass is 16.7. The number of hydrogen-bond acceptors (Lipinski definition) is 8. The molecule has 0 aromatic heterocycles. The van der Waals surface area contributed by atoms with Crippen molar-refractivity contribution < 1.29 is 4.79 Å². The van der Waals surface area contributed by atoms with Crippen LogP contribution in [0.2, 0.25) is 0 Å². The molecule has 1 atom stereocenters. The number of benzene rings is 2. The summed E-state index contributed by atoms with van der Waals surface area (Å²) >= 11 is 0. The minimum atomic E-state index is -0.893. The predicted molar refractivity (Wildman–Crippen MR) is 101 cm³/mol. The van der Waals surface area contributed by atoms with Crippen LogP contribution in [0.3, 0.4) is 0 Å². The molecule has 1 amide bonds. The second-order valence-electron chi connectivity index (χ2n) is 5.53. The summed E-state index contributed by atoms with van der Waals surface area (Å²) in [5.74, 6) is -0.383. The average Bonchev–Trinajstić information content (AvgIpc) is 2.62. The number of nitrogens with two attached hydrogens (primary N) is 1. The summed E-state index contributed by atoms with van der Waals surface area (Å²) in [5.41, 5.74) is 7.90. The van der Waals surface area contributed by atoms with Gasteiger partial charge in [0.15, 0.2) is 0 Å². The Bertz CT molecular complexity index is 796. The smallest absolute Gasteiger partial charge is 0.255 e. The Morgan fingerprint density at radius 2 is 2.00 bits per heavy atom. The molecule has 0 radical (unpaired) electrons. The number of nitrogen functional groups attached to an aromatic ring is 1. The molecule has 2 aromatic rings. The zero-order valence-electron chi connectivity index (χ0n) is 14.4. The van der Waals surface area contributed by atoms with E-state index in [4.69, 9.17) is 11.1 Å². The summed E-state index contributed by atoms with van der Waals surface area (Å²) in [5, 5.41) is 36.3. The highest BCUT2D eigenvalue weighted by Gasteiger charge is 2.13. The Kier molecular flexibility index (Phi) is 6.39. The zero-order chi connectivity index (χ0) is 19.3. The van der Waals surface area contributed by atoms with Crippen LogP contribution in [0, 0.1) is 15.8 Å². The highest BCUT2D eigenvalue weighted by molar-refractivity contribution is 6.05. The van der Waals surface area contributed by atoms with Crippen LogP contribution >= 0.6 is 0 Å². The molecule has 9 nitrogen and oxygen atoms in total. The number of rotatable bonds is 7. The van der Waals surface area contributed by atoms with Crippen molar-refractivity contribution in [1.82, 2.24) is 15.7 Å². The summed E-state index contributed by atoms with van der Waals surface area (Å²) in [6.45, 7) is 0. The maximum Gasteiger partial charge on any atom is 0.255 e. The first kappa shape index (κ1) is 19.5. The van der Waals surface area contributed by atoms with Crippen molar-refractivity contribution in [2.24, 2.45) is 0 Å². The summed E-state index contributed by atoms with van der Waals surface area (Å²) in [7, 11) is 2.66. The molecule has 9 heteroatoms. The second kappa shape index (κ2) is 8.52. The average molecular weight is 356 g/mol. The van der Waals surface area contributed by atoms with Gasteiger partial charge in [-0.05, 0) is 50.0 Å². The summed E-state index contributed by atoms with van der Waals surface area (Å²) in [6.07, 6.45) is 0.183. The van der Waals surface area contributed by atoms with E-state index >= 15 is 0 Å². The van der Waals surface area contributed by atoms with Crippen molar-refractivity contribution >= 4 is 23.5 Å². The maximum atomic E-state index is 12.4. The van der Waals surface area contributed by atoms with Crippen molar-refractivity contribution in [3.05, 3.63) is 69.6 Å². The van der Waals surface area contributed by atoms with E-state index in [-0.39, 0.29) is 16.3 Å². The van der Waals surface area contributed by atoms with E-state index in [0.29, 0.717) is 28.1 Å². The van der Waals surface area contributed by atoms with Crippen LogP contribution in [0.5, 0.6) is 0 Å². The van der Waals surface area contributed by atoms with E-state index in [9.17, 15) is 15.2 Å². The van der Waals surface area contributed by atoms with E-state index in [0.717, 1.165) is 13.3 Å². The molecule has 5 N–H and O–H groups in total. The van der Waals surface area contributed by atoms with Crippen LogP contribution in [0.1, 0.15) is 27.7 Å². The Balaban J connectivity index is 2.22. The Labute approximate surface area is 151 Å². The fourth-order valence-electron chi connectivity index (χ4n) is 2.40. The van der Waals surface area contributed by atoms with Gasteiger partial charge in [0.2, 0.25) is 0 Å². The molecule has 1 unspecified atom stereocenters. The van der Waals surface area contributed by atoms with Crippen molar-refractivity contribution in [3.63, 3.8) is 0 Å². The van der Waals surface area contributed by atoms with Crippen LogP contribution in [0.15, 0.2) is 42.5 Å². The van der Waals surface area contributed by atoms with E-state index in [2.05, 4.69) is 10.6 Å². The van der Waals surface area contributed by atoms with Gasteiger partial charge in [0.05, 0.1) is 6.17 Å². The molecule has 0 heterocycles. The molecule has 0 bridgehead atoms. The van der Waals surface area contributed by atoms with Crippen LogP contribution in [-0.2, 0) is 0 Å². The third-order valence-electron chi connectivity index (χ3n) is 3.74. The normalized spacial score (nSPS) is 12.2. The fraction of sp³-hybridized carbons (Fsp3) is 0.176. The minimum Gasteiger partial charge on any atom is -0.772 e. The maximum absolute atomic E-state index is 12.4. The number of nitrogens with one attached hydrogen (secondary N) is 3. The van der Waals surface area contributed by atoms with Crippen molar-refractivity contribution in [3.8, 4) is 0 Å². The number of carbonyl (C=O) groups is 1. The minimum absolute atomic E-state index is 0.180. The lowest BCUT2D eigenvalue weighted by Crippen LogP contribution is -2.40. The van der Waals surface area contributed by atoms with Gasteiger partial charge in [0.25, 0.3) is 5.91 Å². The summed E-state index contributed by atoms with van der Waals surface area (Å²) in [4.78, 5) is 12.4. The van der Waals surface area contributed by atoms with E-state index < -0.39 is 6.17 Å². The molecule has 0 aliphatic heterocycles. The molecule has 2 rings (SSSR count). The van der Waals surface area contributed by atoms with Crippen LogP contribution in [0.4, 0.5) is 11.4 Å². The molecule has 26 heavy (non-hydrogen) atoms. The Hall–Kier alpha value is -2.82. The third kappa shape index (κ3) is 4.42. The Morgan fingerprint density at radius 1 is 1.27 bits per heavy atom. The molecule has 0 spiro atoms. The van der Waals surface area contributed by atoms with Crippen molar-refractivity contribution in [2.75, 3.05) is 25.1 Å². The standard InChI is InChI=1S/C17H20N6O3/c1-20-16(23(26)22(2)25)11-4-3-5-14(9-11)21-17(24)12-6-7-15(19)13(8-12)10-18/h3-10,16,18,20H,19H2,1-2H3,(H,21,24)/q-2. The van der Waals surface area contributed by atoms with Crippen LogP contribution in [0.25, 0.3) is 0 Å². The lowest BCUT2D eigenvalue weighted by atomic mass is 10.1. The first-order valence-corrected chi connectivity index (χ1v) is 7.73. The van der Waals surface area contributed by atoms with Gasteiger partial charge in [-0.15, -0.1) is 0 Å². The van der Waals surface area contributed by atoms with Gasteiger partial charge in [-0.2, -0.15) is 0 Å². The monoisotopic (exact) mass is 356 g/mol. The second-order valence-corrected chi connectivity index (χ2v) is 5.53. The number of carbonyl (C=O) groups excluding carboxylic acids is 1. The van der Waals surface area contributed by atoms with Gasteiger partial charge < -0.3 is 42.5 Å². The fourth-order valence-corrected chi connectivity index (χ4v) is 2.40. The predicted octanol–water partition coefficient (Wildman–Crippen LogP) is 1.88. The van der Waals surface area contributed by atoms with Crippen molar-refractivity contribution in [2.45, 2.75) is 6.17 Å². The summed E-state index contributed by atoms with van der Waals surface area (Å²) < 4.78 is 0. The number of hydrazine groups is 1. The molecule has 0 fully saturated rings. The quantitative estimate of drug-likeness (QED) is 0.256. The van der Waals surface area contributed by atoms with E-state index in [1.54, 1.807) is 43.4 Å². The number of anilines is 2. The highest BCUT2D eigenvalue weighted by Crippen LogP contribution is 2.22. The number of hydrogen-bond donors (Lipinski definition) is 4. The molecule has 138 valence electrons. The lowest BCUT2D eigenvalue weighted by Gasteiger charge is -2.47. The first-order valence-electron chi connectivity index (χ1n) is 7.73. The third-order valence-corrected chi connectivity index (χ3v) is 3.74. The molecular formula is C17H20N6O3-2. The van der Waals surface area contributed by atoms with Gasteiger partial charge in [-0.1, -0.05) is 12.1 Å². The Morgan fingerprint density at radius 3 is 2.62 bits per heavy atom. The van der Waals surface area contributed by atoms with Gasteiger partial charge >= 0.3 is 0 Å². The van der Waals surface area contributed by atoms with Crippen LogP contribution < -0.4 is 16.4 Å². The largest absolute Gasteiger partial charge is 0.772 e. The molecule has 0 aliphatic rings. The van der Waals surface area contributed by atoms with Gasteiger partial charge in [0.1, 0.15) is 0 Å². The lowest BCUT2D eigenvalue weighted by molar-refractivity contribution is 0.0433. The first-order chi connectivity index (χ1) is 12.4. The number of amides is 1. The van der Waals surface area contributed by atoms with Crippen LogP contribution in [-0.4, -0.2) is 36.6 Å². The molecule has 0 saturated carbocycles. The molecular weight excluding hydrogens is 336 g/mol. The van der Waals surface area contributed by atoms with Crippen molar-refractivity contribution in [1.29, 1.82) is 5.41 Å².